The third-order valence-corrected chi connectivity index (χ3v) is 3.87. The molecule has 20 heavy (non-hydrogen) atoms. The maximum atomic E-state index is 12.1. The fraction of sp³-hybridized carbons (Fsp3) is 0.533. The van der Waals surface area contributed by atoms with E-state index in [9.17, 15) is 14.7 Å². The summed E-state index contributed by atoms with van der Waals surface area (Å²) in [5.41, 5.74) is 1.10. The lowest BCUT2D eigenvalue weighted by molar-refractivity contribution is -0.314. The highest BCUT2D eigenvalue weighted by Crippen LogP contribution is 2.29. The van der Waals surface area contributed by atoms with Gasteiger partial charge in [-0.1, -0.05) is 12.8 Å². The number of amides is 1. The number of hydrogen-bond acceptors (Lipinski definition) is 4. The Balaban J connectivity index is 1.83. The molecule has 0 radical (unpaired) electrons. The maximum absolute atomic E-state index is 12.1. The molecule has 5 nitrogen and oxygen atoms in total. The van der Waals surface area contributed by atoms with Crippen LogP contribution in [-0.2, 0) is 16.0 Å². The molecule has 2 atom stereocenters. The maximum Gasteiger partial charge on any atom is 0.223 e. The molecular weight excluding hydrogens is 256 g/mol. The zero-order chi connectivity index (χ0) is 14.4. The summed E-state index contributed by atoms with van der Waals surface area (Å²) in [4.78, 5) is 27.1. The SMILES string of the molecule is O=C([O-])[C@H]1CCCC[C@H]1C(=O)NCCc1ccncc1. The lowest BCUT2D eigenvalue weighted by Gasteiger charge is -2.31. The summed E-state index contributed by atoms with van der Waals surface area (Å²) in [7, 11) is 0. The topological polar surface area (TPSA) is 82.1 Å². The number of rotatable bonds is 5. The Bertz CT molecular complexity index is 461. The Morgan fingerprint density at radius 1 is 1.20 bits per heavy atom. The zero-order valence-corrected chi connectivity index (χ0v) is 11.4. The molecule has 2 rings (SSSR count). The Hall–Kier alpha value is -1.91. The number of nitrogens with zero attached hydrogens (tertiary/aromatic N) is 1. The van der Waals surface area contributed by atoms with Crippen LogP contribution in [0.5, 0.6) is 0 Å². The standard InChI is InChI=1S/C15H20N2O3/c18-14(12-3-1-2-4-13(12)15(19)20)17-10-7-11-5-8-16-9-6-11/h5-6,8-9,12-13H,1-4,7,10H2,(H,17,18)(H,19,20)/p-1/t12-,13+/m1/s1. The predicted octanol–water partition coefficient (Wildman–Crippen LogP) is 0.297. The van der Waals surface area contributed by atoms with Crippen LogP contribution in [0.1, 0.15) is 31.2 Å². The van der Waals surface area contributed by atoms with Crippen molar-refractivity contribution in [2.75, 3.05) is 6.54 Å². The van der Waals surface area contributed by atoms with E-state index in [-0.39, 0.29) is 5.91 Å². The highest BCUT2D eigenvalue weighted by molar-refractivity contribution is 5.84. The monoisotopic (exact) mass is 275 g/mol. The number of carboxylic acid groups (broad SMARTS) is 1. The van der Waals surface area contributed by atoms with Crippen molar-refractivity contribution in [1.29, 1.82) is 0 Å². The van der Waals surface area contributed by atoms with Crippen LogP contribution in [0.15, 0.2) is 24.5 Å². The van der Waals surface area contributed by atoms with Crippen molar-refractivity contribution < 1.29 is 14.7 Å². The summed E-state index contributed by atoms with van der Waals surface area (Å²) in [6.07, 6.45) is 7.10. The van der Waals surface area contributed by atoms with Crippen molar-refractivity contribution in [3.8, 4) is 0 Å². The van der Waals surface area contributed by atoms with Crippen molar-refractivity contribution >= 4 is 11.9 Å². The first-order valence-corrected chi connectivity index (χ1v) is 7.06. The smallest absolute Gasteiger partial charge is 0.223 e. The molecule has 1 N–H and O–H groups in total. The minimum atomic E-state index is -1.10. The molecule has 0 saturated heterocycles. The van der Waals surface area contributed by atoms with Crippen LogP contribution in [-0.4, -0.2) is 23.4 Å². The molecule has 0 unspecified atom stereocenters. The van der Waals surface area contributed by atoms with E-state index in [0.717, 1.165) is 24.8 Å². The van der Waals surface area contributed by atoms with Gasteiger partial charge in [0, 0.05) is 36.7 Å². The zero-order valence-electron chi connectivity index (χ0n) is 11.4. The molecule has 1 aliphatic rings. The summed E-state index contributed by atoms with van der Waals surface area (Å²) in [6, 6.07) is 3.80. The number of hydrogen-bond donors (Lipinski definition) is 1. The van der Waals surface area contributed by atoms with Gasteiger partial charge in [0.2, 0.25) is 5.91 Å². The number of carboxylic acids is 1. The predicted molar refractivity (Wildman–Crippen MR) is 71.4 cm³/mol. The van der Waals surface area contributed by atoms with Crippen LogP contribution in [0.4, 0.5) is 0 Å². The van der Waals surface area contributed by atoms with E-state index in [1.54, 1.807) is 12.4 Å². The first-order chi connectivity index (χ1) is 9.68. The molecule has 1 heterocycles. The van der Waals surface area contributed by atoms with Gasteiger partial charge in [-0.2, -0.15) is 0 Å². The second-order valence-electron chi connectivity index (χ2n) is 5.21. The third kappa shape index (κ3) is 3.79. The molecule has 5 heteroatoms. The first kappa shape index (κ1) is 14.5. The second kappa shape index (κ2) is 7.03. The van der Waals surface area contributed by atoms with E-state index in [1.165, 1.54) is 0 Å². The Kier molecular flexibility index (Phi) is 5.09. The fourth-order valence-corrected chi connectivity index (χ4v) is 2.74. The van der Waals surface area contributed by atoms with E-state index in [2.05, 4.69) is 10.3 Å². The van der Waals surface area contributed by atoms with Crippen molar-refractivity contribution in [1.82, 2.24) is 10.3 Å². The van der Waals surface area contributed by atoms with Gasteiger partial charge >= 0.3 is 0 Å². The molecule has 1 amide bonds. The van der Waals surface area contributed by atoms with Crippen LogP contribution in [0.2, 0.25) is 0 Å². The molecule has 0 aliphatic heterocycles. The van der Waals surface area contributed by atoms with Gasteiger partial charge in [-0.25, -0.2) is 0 Å². The summed E-state index contributed by atoms with van der Waals surface area (Å²) in [5.74, 6) is -2.33. The Morgan fingerprint density at radius 3 is 2.50 bits per heavy atom. The molecule has 108 valence electrons. The first-order valence-electron chi connectivity index (χ1n) is 7.06. The number of carbonyl (C=O) groups excluding carboxylic acids is 2. The molecular formula is C15H19N2O3-. The average molecular weight is 275 g/mol. The van der Waals surface area contributed by atoms with Gasteiger partial charge in [-0.3, -0.25) is 9.78 Å². The number of carbonyl (C=O) groups is 2. The molecule has 1 saturated carbocycles. The van der Waals surface area contributed by atoms with Gasteiger partial charge < -0.3 is 15.2 Å². The van der Waals surface area contributed by atoms with Gasteiger partial charge in [0.15, 0.2) is 0 Å². The minimum Gasteiger partial charge on any atom is -0.550 e. The fourth-order valence-electron chi connectivity index (χ4n) is 2.74. The molecule has 1 aliphatic carbocycles. The lowest BCUT2D eigenvalue weighted by Crippen LogP contribution is -2.44. The van der Waals surface area contributed by atoms with E-state index in [0.29, 0.717) is 19.4 Å². The van der Waals surface area contributed by atoms with Crippen molar-refractivity contribution in [2.24, 2.45) is 11.8 Å². The summed E-state index contributed by atoms with van der Waals surface area (Å²) >= 11 is 0. The number of pyridine rings is 1. The van der Waals surface area contributed by atoms with E-state index < -0.39 is 17.8 Å². The van der Waals surface area contributed by atoms with E-state index >= 15 is 0 Å². The third-order valence-electron chi connectivity index (χ3n) is 3.87. The van der Waals surface area contributed by atoms with Gasteiger partial charge in [0.1, 0.15) is 0 Å². The van der Waals surface area contributed by atoms with Gasteiger partial charge in [0.25, 0.3) is 0 Å². The van der Waals surface area contributed by atoms with Gasteiger partial charge in [-0.05, 0) is 37.0 Å². The molecule has 0 aromatic carbocycles. The van der Waals surface area contributed by atoms with Crippen LogP contribution in [0.25, 0.3) is 0 Å². The van der Waals surface area contributed by atoms with Crippen molar-refractivity contribution in [3.63, 3.8) is 0 Å². The second-order valence-corrected chi connectivity index (χ2v) is 5.21. The highest BCUT2D eigenvalue weighted by atomic mass is 16.4. The minimum absolute atomic E-state index is 0.159. The molecule has 1 fully saturated rings. The van der Waals surface area contributed by atoms with Crippen LogP contribution in [0, 0.1) is 11.8 Å². The van der Waals surface area contributed by atoms with Gasteiger partial charge in [0.05, 0.1) is 0 Å². The largest absolute Gasteiger partial charge is 0.550 e. The summed E-state index contributed by atoms with van der Waals surface area (Å²) in [5, 5.41) is 13.9. The molecule has 0 spiro atoms. The van der Waals surface area contributed by atoms with Crippen molar-refractivity contribution in [2.45, 2.75) is 32.1 Å². The van der Waals surface area contributed by atoms with E-state index in [1.807, 2.05) is 12.1 Å². The van der Waals surface area contributed by atoms with Gasteiger partial charge in [-0.15, -0.1) is 0 Å². The summed E-state index contributed by atoms with van der Waals surface area (Å²) < 4.78 is 0. The quantitative estimate of drug-likeness (QED) is 0.837. The Labute approximate surface area is 118 Å². The lowest BCUT2D eigenvalue weighted by atomic mass is 9.78. The molecule has 1 aromatic heterocycles. The number of aromatic nitrogens is 1. The molecule has 1 aromatic rings. The van der Waals surface area contributed by atoms with Crippen molar-refractivity contribution in [3.05, 3.63) is 30.1 Å². The van der Waals surface area contributed by atoms with Crippen LogP contribution >= 0.6 is 0 Å². The number of aliphatic carboxylic acids is 1. The van der Waals surface area contributed by atoms with Crippen LogP contribution < -0.4 is 10.4 Å². The average Bonchev–Trinajstić information content (AvgIpc) is 2.48. The highest BCUT2D eigenvalue weighted by Gasteiger charge is 2.31. The number of nitrogens with one attached hydrogen (secondary N) is 1. The molecule has 0 bridgehead atoms. The van der Waals surface area contributed by atoms with E-state index in [4.69, 9.17) is 0 Å². The summed E-state index contributed by atoms with van der Waals surface area (Å²) in [6.45, 7) is 0.513. The Morgan fingerprint density at radius 2 is 1.85 bits per heavy atom. The normalized spacial score (nSPS) is 22.2. The van der Waals surface area contributed by atoms with Crippen LogP contribution in [0.3, 0.4) is 0 Å².